The highest BCUT2D eigenvalue weighted by atomic mass is 16.2. The number of hydrogen-bond donors (Lipinski definition) is 2. The van der Waals surface area contributed by atoms with Crippen molar-refractivity contribution in [1.82, 2.24) is 25.3 Å². The molecule has 0 atom stereocenters. The first-order valence-corrected chi connectivity index (χ1v) is 9.37. The van der Waals surface area contributed by atoms with Crippen molar-refractivity contribution in [2.24, 2.45) is 18.4 Å². The van der Waals surface area contributed by atoms with Gasteiger partial charge in [0.25, 0.3) is 5.91 Å². The molecule has 0 radical (unpaired) electrons. The lowest BCUT2D eigenvalue weighted by Crippen LogP contribution is -2.64. The molecule has 144 valence electrons. The van der Waals surface area contributed by atoms with Crippen molar-refractivity contribution in [3.8, 4) is 0 Å². The van der Waals surface area contributed by atoms with E-state index in [1.807, 2.05) is 33.8 Å². The van der Waals surface area contributed by atoms with Crippen LogP contribution in [0.25, 0.3) is 0 Å². The molecular weight excluding hydrogens is 330 g/mol. The minimum Gasteiger partial charge on any atom is -0.350 e. The van der Waals surface area contributed by atoms with E-state index in [0.717, 1.165) is 38.2 Å². The van der Waals surface area contributed by atoms with Crippen LogP contribution in [-0.2, 0) is 11.8 Å². The molecule has 2 fully saturated rings. The topological polar surface area (TPSA) is 79.3 Å². The molecule has 7 heteroatoms. The molecule has 1 aromatic rings. The Hall–Kier alpha value is -1.89. The number of nitrogens with zero attached hydrogens (tertiary/aromatic N) is 3. The number of likely N-dealkylation sites (tertiary alicyclic amines) is 1. The summed E-state index contributed by atoms with van der Waals surface area (Å²) in [5.74, 6) is 0.587. The zero-order valence-electron chi connectivity index (χ0n) is 16.6. The van der Waals surface area contributed by atoms with Crippen molar-refractivity contribution in [2.75, 3.05) is 26.2 Å². The Bertz CT molecular complexity index is 689. The maximum Gasteiger partial charge on any atom is 0.269 e. The Kier molecular flexibility index (Phi) is 4.86. The fourth-order valence-corrected chi connectivity index (χ4v) is 4.39. The summed E-state index contributed by atoms with van der Waals surface area (Å²) in [5.41, 5.74) is 1.66. The quantitative estimate of drug-likeness (QED) is 0.823. The number of rotatable bonds is 5. The minimum absolute atomic E-state index is 0.0527. The third-order valence-corrected chi connectivity index (χ3v) is 5.23. The highest BCUT2D eigenvalue weighted by Crippen LogP contribution is 2.51. The van der Waals surface area contributed by atoms with Gasteiger partial charge in [-0.2, -0.15) is 5.10 Å². The van der Waals surface area contributed by atoms with Crippen LogP contribution in [0.2, 0.25) is 0 Å². The molecule has 0 bridgehead atoms. The first-order chi connectivity index (χ1) is 12.1. The van der Waals surface area contributed by atoms with Gasteiger partial charge >= 0.3 is 0 Å². The van der Waals surface area contributed by atoms with E-state index in [1.165, 1.54) is 0 Å². The molecule has 1 aromatic heterocycles. The van der Waals surface area contributed by atoms with E-state index in [1.54, 1.807) is 11.7 Å². The van der Waals surface area contributed by atoms with Gasteiger partial charge in [0.1, 0.15) is 5.69 Å². The highest BCUT2D eigenvalue weighted by molar-refractivity contribution is 5.92. The molecule has 2 aliphatic rings. The Morgan fingerprint density at radius 1 is 1.31 bits per heavy atom. The molecule has 26 heavy (non-hydrogen) atoms. The van der Waals surface area contributed by atoms with Crippen LogP contribution in [0.5, 0.6) is 0 Å². The van der Waals surface area contributed by atoms with Gasteiger partial charge in [0.15, 0.2) is 0 Å². The van der Waals surface area contributed by atoms with Gasteiger partial charge in [-0.1, -0.05) is 0 Å². The molecule has 3 rings (SSSR count). The standard InChI is InChI=1S/C19H31N5O2/c1-13-6-15(23(5)22-13)17(26)20-9-14-7-19(8-14)11-24(12-19)10-16(25)21-18(2,3)4/h6,14H,7-12H2,1-5H3,(H,20,26)(H,21,25). The average Bonchev–Trinajstić information content (AvgIpc) is 2.75. The Morgan fingerprint density at radius 3 is 2.50 bits per heavy atom. The normalized spacial score (nSPS) is 19.7. The van der Waals surface area contributed by atoms with Crippen LogP contribution in [0.15, 0.2) is 6.07 Å². The van der Waals surface area contributed by atoms with E-state index >= 15 is 0 Å². The molecule has 1 saturated carbocycles. The Balaban J connectivity index is 1.35. The molecule has 1 spiro atoms. The highest BCUT2D eigenvalue weighted by Gasteiger charge is 2.52. The lowest BCUT2D eigenvalue weighted by Gasteiger charge is -2.59. The summed E-state index contributed by atoms with van der Waals surface area (Å²) >= 11 is 0. The third kappa shape index (κ3) is 4.26. The molecule has 1 aliphatic heterocycles. The summed E-state index contributed by atoms with van der Waals surface area (Å²) in [6, 6.07) is 1.81. The van der Waals surface area contributed by atoms with Crippen LogP contribution < -0.4 is 10.6 Å². The predicted molar refractivity (Wildman–Crippen MR) is 99.8 cm³/mol. The number of hydrogen-bond acceptors (Lipinski definition) is 4. The van der Waals surface area contributed by atoms with Crippen LogP contribution in [-0.4, -0.2) is 58.2 Å². The monoisotopic (exact) mass is 361 g/mol. The number of carbonyl (C=O) groups is 2. The van der Waals surface area contributed by atoms with E-state index in [0.29, 0.717) is 23.6 Å². The minimum atomic E-state index is -0.175. The second-order valence-electron chi connectivity index (χ2n) is 9.22. The number of nitrogens with one attached hydrogen (secondary N) is 2. The third-order valence-electron chi connectivity index (χ3n) is 5.23. The zero-order chi connectivity index (χ0) is 19.1. The molecule has 1 aliphatic carbocycles. The van der Waals surface area contributed by atoms with Crippen molar-refractivity contribution >= 4 is 11.8 Å². The van der Waals surface area contributed by atoms with Gasteiger partial charge in [-0.15, -0.1) is 0 Å². The molecule has 0 aromatic carbocycles. The van der Waals surface area contributed by atoms with E-state index < -0.39 is 0 Å². The van der Waals surface area contributed by atoms with Crippen LogP contribution in [0, 0.1) is 18.3 Å². The van der Waals surface area contributed by atoms with E-state index in [2.05, 4.69) is 20.6 Å². The maximum atomic E-state index is 12.2. The summed E-state index contributed by atoms with van der Waals surface area (Å²) in [7, 11) is 1.79. The first kappa shape index (κ1) is 18.9. The summed E-state index contributed by atoms with van der Waals surface area (Å²) in [4.78, 5) is 26.4. The smallest absolute Gasteiger partial charge is 0.269 e. The summed E-state index contributed by atoms with van der Waals surface area (Å²) in [6.07, 6.45) is 2.27. The number of amides is 2. The largest absolute Gasteiger partial charge is 0.350 e. The summed E-state index contributed by atoms with van der Waals surface area (Å²) < 4.78 is 1.62. The van der Waals surface area contributed by atoms with Crippen molar-refractivity contribution < 1.29 is 9.59 Å². The Labute approximate surface area is 155 Å². The fourth-order valence-electron chi connectivity index (χ4n) is 4.39. The zero-order valence-corrected chi connectivity index (χ0v) is 16.6. The van der Waals surface area contributed by atoms with Crippen molar-refractivity contribution in [1.29, 1.82) is 0 Å². The summed E-state index contributed by atoms with van der Waals surface area (Å²) in [6.45, 7) is 11.1. The van der Waals surface area contributed by atoms with E-state index in [-0.39, 0.29) is 17.4 Å². The van der Waals surface area contributed by atoms with E-state index in [4.69, 9.17) is 0 Å². The second kappa shape index (κ2) is 6.68. The van der Waals surface area contributed by atoms with Crippen LogP contribution in [0.1, 0.15) is 49.8 Å². The van der Waals surface area contributed by atoms with Gasteiger partial charge in [-0.25, -0.2) is 0 Å². The van der Waals surface area contributed by atoms with Crippen LogP contribution in [0.4, 0.5) is 0 Å². The first-order valence-electron chi connectivity index (χ1n) is 9.37. The van der Waals surface area contributed by atoms with Crippen molar-refractivity contribution in [3.05, 3.63) is 17.5 Å². The SMILES string of the molecule is Cc1cc(C(=O)NCC2CC3(C2)CN(CC(=O)NC(C)(C)C)C3)n(C)n1. The summed E-state index contributed by atoms with van der Waals surface area (Å²) in [5, 5.41) is 10.3. The number of aryl methyl sites for hydroxylation is 2. The van der Waals surface area contributed by atoms with Gasteiger partial charge in [-0.05, 0) is 57.9 Å². The molecule has 7 nitrogen and oxygen atoms in total. The second-order valence-corrected chi connectivity index (χ2v) is 9.22. The van der Waals surface area contributed by atoms with Gasteiger partial charge in [0.05, 0.1) is 12.2 Å². The maximum absolute atomic E-state index is 12.2. The molecule has 0 unspecified atom stereocenters. The van der Waals surface area contributed by atoms with Gasteiger partial charge in [-0.3, -0.25) is 19.2 Å². The predicted octanol–water partition coefficient (Wildman–Crippen LogP) is 1.09. The molecular formula is C19H31N5O2. The fraction of sp³-hybridized carbons (Fsp3) is 0.737. The van der Waals surface area contributed by atoms with E-state index in [9.17, 15) is 9.59 Å². The Morgan fingerprint density at radius 2 is 1.96 bits per heavy atom. The lowest BCUT2D eigenvalue weighted by atomic mass is 9.57. The molecule has 2 N–H and O–H groups in total. The number of aromatic nitrogens is 2. The van der Waals surface area contributed by atoms with Gasteiger partial charge < -0.3 is 10.6 Å². The molecule has 2 amide bonds. The number of carbonyl (C=O) groups excluding carboxylic acids is 2. The lowest BCUT2D eigenvalue weighted by molar-refractivity contribution is -0.133. The molecule has 1 saturated heterocycles. The van der Waals surface area contributed by atoms with Crippen LogP contribution >= 0.6 is 0 Å². The van der Waals surface area contributed by atoms with Gasteiger partial charge in [0.2, 0.25) is 5.91 Å². The van der Waals surface area contributed by atoms with Crippen molar-refractivity contribution in [2.45, 2.75) is 46.1 Å². The van der Waals surface area contributed by atoms with Gasteiger partial charge in [0, 0.05) is 32.2 Å². The molecule has 2 heterocycles. The van der Waals surface area contributed by atoms with Crippen molar-refractivity contribution in [3.63, 3.8) is 0 Å². The van der Waals surface area contributed by atoms with Crippen LogP contribution in [0.3, 0.4) is 0 Å². The average molecular weight is 361 g/mol.